The minimum atomic E-state index is -0.368. The first-order chi connectivity index (χ1) is 15.6. The van der Waals surface area contributed by atoms with Gasteiger partial charge in [0.15, 0.2) is 17.0 Å². The predicted octanol–water partition coefficient (Wildman–Crippen LogP) is 5.01. The second kappa shape index (κ2) is 8.12. The quantitative estimate of drug-likeness (QED) is 0.466. The van der Waals surface area contributed by atoms with Gasteiger partial charge in [-0.2, -0.15) is 0 Å². The summed E-state index contributed by atoms with van der Waals surface area (Å²) in [5, 5.41) is 7.49. The molecule has 1 saturated heterocycles. The van der Waals surface area contributed by atoms with E-state index in [-0.39, 0.29) is 23.5 Å². The highest BCUT2D eigenvalue weighted by Gasteiger charge is 2.28. The fourth-order valence-electron chi connectivity index (χ4n) is 4.12. The highest BCUT2D eigenvalue weighted by Crippen LogP contribution is 2.35. The van der Waals surface area contributed by atoms with Crippen molar-refractivity contribution in [3.05, 3.63) is 95.4 Å². The Morgan fingerprint density at radius 3 is 2.88 bits per heavy atom. The van der Waals surface area contributed by atoms with Gasteiger partial charge in [-0.05, 0) is 54.8 Å². The topological polar surface area (TPSA) is 66.9 Å². The number of carbonyl (C=O) groups excluding carboxylic acids is 1. The lowest BCUT2D eigenvalue weighted by molar-refractivity contribution is 0.102. The van der Waals surface area contributed by atoms with E-state index in [0.717, 1.165) is 24.9 Å². The minimum Gasteiger partial charge on any atom is -0.348 e. The Hall–Kier alpha value is -4.25. The van der Waals surface area contributed by atoms with Crippen molar-refractivity contribution in [2.45, 2.75) is 18.9 Å². The maximum atomic E-state index is 13.8. The summed E-state index contributed by atoms with van der Waals surface area (Å²) in [6.45, 7) is 7.92. The van der Waals surface area contributed by atoms with Gasteiger partial charge in [-0.1, -0.05) is 24.3 Å². The molecule has 0 radical (unpaired) electrons. The van der Waals surface area contributed by atoms with Crippen molar-refractivity contribution in [1.29, 1.82) is 0 Å². The van der Waals surface area contributed by atoms with Crippen LogP contribution < -0.4 is 10.2 Å². The van der Waals surface area contributed by atoms with Gasteiger partial charge in [0.1, 0.15) is 11.6 Å². The molecule has 0 unspecified atom stereocenters. The Labute approximate surface area is 183 Å². The van der Waals surface area contributed by atoms with Crippen LogP contribution in [0.5, 0.6) is 0 Å². The van der Waals surface area contributed by atoms with Gasteiger partial charge in [-0.25, -0.2) is 18.7 Å². The molecule has 0 aliphatic carbocycles. The normalized spacial score (nSPS) is 15.6. The third kappa shape index (κ3) is 3.65. The van der Waals surface area contributed by atoms with Crippen LogP contribution >= 0.6 is 0 Å². The van der Waals surface area contributed by atoms with Crippen LogP contribution in [0.25, 0.3) is 10.5 Å². The minimum absolute atomic E-state index is 0.0211. The summed E-state index contributed by atoms with van der Waals surface area (Å²) in [7, 11) is 0. The third-order valence-corrected chi connectivity index (χ3v) is 5.59. The molecule has 1 aliphatic heterocycles. The average molecular weight is 426 g/mol. The van der Waals surface area contributed by atoms with Crippen molar-refractivity contribution >= 4 is 28.7 Å². The highest BCUT2D eigenvalue weighted by atomic mass is 19.1. The highest BCUT2D eigenvalue weighted by molar-refractivity contribution is 6.03. The van der Waals surface area contributed by atoms with Gasteiger partial charge >= 0.3 is 0 Å². The summed E-state index contributed by atoms with van der Waals surface area (Å²) >= 11 is 0. The zero-order chi connectivity index (χ0) is 22.1. The van der Waals surface area contributed by atoms with Gasteiger partial charge in [0, 0.05) is 12.2 Å². The fraction of sp³-hybridized carbons (Fsp3) is 0.167. The van der Waals surface area contributed by atoms with E-state index < -0.39 is 0 Å². The maximum absolute atomic E-state index is 13.8. The van der Waals surface area contributed by atoms with Gasteiger partial charge in [0.05, 0.1) is 18.8 Å². The van der Waals surface area contributed by atoms with E-state index >= 15 is 0 Å². The van der Waals surface area contributed by atoms with E-state index in [1.165, 1.54) is 16.8 Å². The predicted molar refractivity (Wildman–Crippen MR) is 119 cm³/mol. The molecule has 5 rings (SSSR count). The molecule has 1 fully saturated rings. The van der Waals surface area contributed by atoms with Crippen LogP contribution in [0.1, 0.15) is 34.9 Å². The Balaban J connectivity index is 1.46. The van der Waals surface area contributed by atoms with Crippen LogP contribution in [0.3, 0.4) is 0 Å². The Kier molecular flexibility index (Phi) is 5.00. The number of benzene rings is 2. The van der Waals surface area contributed by atoms with Crippen molar-refractivity contribution in [2.75, 3.05) is 16.8 Å². The van der Waals surface area contributed by atoms with Crippen LogP contribution in [0.15, 0.2) is 66.9 Å². The lowest BCUT2D eigenvalue weighted by atomic mass is 10.0. The largest absolute Gasteiger partial charge is 0.348 e. The number of imidazole rings is 1. The monoisotopic (exact) mass is 426 g/mol. The molecule has 1 aliphatic rings. The van der Waals surface area contributed by atoms with Crippen LogP contribution in [-0.4, -0.2) is 27.0 Å². The first-order valence-corrected chi connectivity index (χ1v) is 10.3. The molecule has 158 valence electrons. The molecule has 3 heterocycles. The summed E-state index contributed by atoms with van der Waals surface area (Å²) in [6.07, 6.45) is 3.35. The standard InChI is InChI=1S/C24H19FN6O/c1-26-18-7-3-8-19(14-18)28-24(32)21-15-27-22-10-11-23(29-31(21)22)30-12-4-9-20(30)16-5-2-6-17(25)13-16/h2-3,5-8,10-11,13-15,20H,4,9,12H2,(H,28,32)/t20-/m1/s1. The van der Waals surface area contributed by atoms with Crippen molar-refractivity contribution in [3.8, 4) is 0 Å². The van der Waals surface area contributed by atoms with Gasteiger partial charge in [-0.3, -0.25) is 4.79 Å². The van der Waals surface area contributed by atoms with Crippen LogP contribution in [-0.2, 0) is 0 Å². The number of rotatable bonds is 4. The lowest BCUT2D eigenvalue weighted by Gasteiger charge is -2.26. The Morgan fingerprint density at radius 1 is 1.16 bits per heavy atom. The molecule has 32 heavy (non-hydrogen) atoms. The number of fused-ring (bicyclic) bond motifs is 1. The number of anilines is 2. The van der Waals surface area contributed by atoms with E-state index in [1.54, 1.807) is 36.4 Å². The second-order valence-corrected chi connectivity index (χ2v) is 7.63. The average Bonchev–Trinajstić information content (AvgIpc) is 3.46. The molecule has 0 saturated carbocycles. The summed E-state index contributed by atoms with van der Waals surface area (Å²) in [6, 6.07) is 17.1. The summed E-state index contributed by atoms with van der Waals surface area (Å²) in [5.74, 6) is 0.0762. The molecule has 2 aromatic carbocycles. The van der Waals surface area contributed by atoms with Crippen LogP contribution in [0, 0.1) is 12.4 Å². The molecule has 7 nitrogen and oxygen atoms in total. The fourth-order valence-corrected chi connectivity index (χ4v) is 4.12. The molecule has 0 bridgehead atoms. The van der Waals surface area contributed by atoms with Crippen molar-refractivity contribution in [3.63, 3.8) is 0 Å². The zero-order valence-corrected chi connectivity index (χ0v) is 17.1. The SMILES string of the molecule is [C-]#[N+]c1cccc(NC(=O)c2cnc3ccc(N4CCC[C@@H]4c4cccc(F)c4)nn23)c1. The lowest BCUT2D eigenvalue weighted by Crippen LogP contribution is -2.25. The van der Waals surface area contributed by atoms with Gasteiger partial charge in [-0.15, -0.1) is 5.10 Å². The number of hydrogen-bond donors (Lipinski definition) is 1. The Morgan fingerprint density at radius 2 is 2.03 bits per heavy atom. The Bertz CT molecular complexity index is 1360. The summed E-state index contributed by atoms with van der Waals surface area (Å²) in [5.41, 5.74) is 2.72. The summed E-state index contributed by atoms with van der Waals surface area (Å²) < 4.78 is 15.3. The van der Waals surface area contributed by atoms with E-state index in [9.17, 15) is 9.18 Å². The van der Waals surface area contributed by atoms with Crippen molar-refractivity contribution in [2.24, 2.45) is 0 Å². The van der Waals surface area contributed by atoms with Crippen molar-refractivity contribution in [1.82, 2.24) is 14.6 Å². The second-order valence-electron chi connectivity index (χ2n) is 7.63. The molecule has 2 aromatic heterocycles. The number of halogens is 1. The molecular formula is C24H19FN6O. The molecule has 1 amide bonds. The molecule has 8 heteroatoms. The van der Waals surface area contributed by atoms with E-state index in [0.29, 0.717) is 22.8 Å². The van der Waals surface area contributed by atoms with Gasteiger partial charge in [0.2, 0.25) is 0 Å². The number of amides is 1. The summed E-state index contributed by atoms with van der Waals surface area (Å²) in [4.78, 5) is 22.7. The molecular weight excluding hydrogens is 407 g/mol. The molecule has 1 N–H and O–H groups in total. The van der Waals surface area contributed by atoms with Crippen LogP contribution in [0.2, 0.25) is 0 Å². The third-order valence-electron chi connectivity index (χ3n) is 5.59. The molecule has 4 aromatic rings. The van der Waals surface area contributed by atoms with Crippen molar-refractivity contribution < 1.29 is 9.18 Å². The van der Waals surface area contributed by atoms with E-state index in [4.69, 9.17) is 6.57 Å². The first-order valence-electron chi connectivity index (χ1n) is 10.3. The molecule has 0 spiro atoms. The van der Waals surface area contributed by atoms with E-state index in [1.807, 2.05) is 18.2 Å². The number of aromatic nitrogens is 3. The number of nitrogens with one attached hydrogen (secondary N) is 1. The number of hydrogen-bond acceptors (Lipinski definition) is 4. The zero-order valence-electron chi connectivity index (χ0n) is 17.1. The number of nitrogens with zero attached hydrogens (tertiary/aromatic N) is 5. The smallest absolute Gasteiger partial charge is 0.275 e. The van der Waals surface area contributed by atoms with Crippen LogP contribution in [0.4, 0.5) is 21.6 Å². The molecule has 1 atom stereocenters. The number of carbonyl (C=O) groups is 1. The maximum Gasteiger partial charge on any atom is 0.275 e. The van der Waals surface area contributed by atoms with Gasteiger partial charge < -0.3 is 10.2 Å². The first kappa shape index (κ1) is 19.7. The van der Waals surface area contributed by atoms with E-state index in [2.05, 4.69) is 25.1 Å². The van der Waals surface area contributed by atoms with Gasteiger partial charge in [0.25, 0.3) is 5.91 Å².